The van der Waals surface area contributed by atoms with E-state index in [2.05, 4.69) is 60.2 Å². The quantitative estimate of drug-likeness (QED) is 0.00915. The zero-order chi connectivity index (χ0) is 56.0. The first-order chi connectivity index (χ1) is 37.3. The van der Waals surface area contributed by atoms with Crippen molar-refractivity contribution in [1.29, 1.82) is 0 Å². The first-order valence-corrected chi connectivity index (χ1v) is 29.6. The van der Waals surface area contributed by atoms with E-state index in [-0.39, 0.29) is 107 Å². The summed E-state index contributed by atoms with van der Waals surface area (Å²) in [5.74, 6) is 0.221. The number of amides is 6. The average molecular weight is 1180 g/mol. The number of rotatable bonds is 32. The Morgan fingerprint density at radius 3 is 2.05 bits per heavy atom. The molecule has 7 rings (SSSR count). The smallest absolute Gasteiger partial charge is 0.756 e. The average Bonchev–Trinajstić information content (AvgIpc) is 4.42. The number of thioether (sulfide) groups is 1. The molecule has 0 aromatic carbocycles. The number of anilines is 1. The number of pyridine rings is 1. The van der Waals surface area contributed by atoms with Crippen molar-refractivity contribution in [2.24, 2.45) is 5.73 Å². The van der Waals surface area contributed by atoms with Crippen molar-refractivity contribution in [3.8, 4) is 0 Å². The number of ether oxygens (including phenoxy) is 2. The minimum Gasteiger partial charge on any atom is -0.756 e. The van der Waals surface area contributed by atoms with Crippen LogP contribution in [-0.2, 0) is 46.3 Å². The maximum absolute atomic E-state index is 12.6. The summed E-state index contributed by atoms with van der Waals surface area (Å²) >= 11 is 1.87. The molecule has 0 saturated carbocycles. The second-order valence-electron chi connectivity index (χ2n) is 19.1. The maximum atomic E-state index is 12.6. The largest absolute Gasteiger partial charge is 1.00 e. The van der Waals surface area contributed by atoms with E-state index >= 15 is 0 Å². The number of phosphoric acid groups is 2. The Kier molecular flexibility index (Phi) is 24.7. The molecule has 12 N–H and O–H groups in total. The first kappa shape index (κ1) is 64.2. The Bertz CT molecular complexity index is 2650. The molecule has 6 amide bonds. The third-order valence-corrected chi connectivity index (χ3v) is 17.4. The van der Waals surface area contributed by atoms with Crippen LogP contribution in [0.1, 0.15) is 99.9 Å². The van der Waals surface area contributed by atoms with Crippen LogP contribution in [0.4, 0.5) is 10.6 Å². The van der Waals surface area contributed by atoms with Crippen molar-refractivity contribution in [1.82, 2.24) is 46.1 Å². The zero-order valence-electron chi connectivity index (χ0n) is 43.4. The number of imidazole rings is 1. The molecule has 0 spiro atoms. The number of carbonyl (C=O) groups is 5. The summed E-state index contributed by atoms with van der Waals surface area (Å²) in [5.41, 5.74) is 5.67. The van der Waals surface area contributed by atoms with Gasteiger partial charge in [0, 0.05) is 62.5 Å². The monoisotopic (exact) mass is 1180 g/mol. The summed E-state index contributed by atoms with van der Waals surface area (Å²) in [5, 5.41) is 60.6. The van der Waals surface area contributed by atoms with Gasteiger partial charge < -0.3 is 86.4 Å². The molecule has 432 valence electrons. The molecular weight excluding hydrogens is 1110 g/mol. The van der Waals surface area contributed by atoms with Crippen molar-refractivity contribution >= 4 is 74.0 Å². The number of hydrogen-bond donors (Lipinski definition) is 11. The Hall–Kier alpha value is -3.98. The molecule has 4 saturated heterocycles. The van der Waals surface area contributed by atoms with Crippen LogP contribution in [0.25, 0.3) is 11.2 Å². The van der Waals surface area contributed by atoms with Crippen LogP contribution < -0.4 is 81.5 Å². The van der Waals surface area contributed by atoms with Crippen molar-refractivity contribution < 1.29 is 120 Å². The van der Waals surface area contributed by atoms with Crippen molar-refractivity contribution in [2.45, 2.75) is 143 Å². The number of carbonyl (C=O) groups excluding carboxylic acids is 5. The van der Waals surface area contributed by atoms with Crippen LogP contribution in [0.3, 0.4) is 0 Å². The topological polar surface area (TPSA) is 438 Å². The minimum absolute atomic E-state index is 0. The molecule has 0 aliphatic carbocycles. The van der Waals surface area contributed by atoms with E-state index in [1.807, 2.05) is 11.8 Å². The number of phosphoric ester groups is 2. The molecular formula is C45H67N12NaO18P2S. The summed E-state index contributed by atoms with van der Waals surface area (Å²) in [6.45, 7) is -0.507. The SMILES string of the molecule is NC(=O)c1ccc[n+](C2OC(COP(=O)([O-])OP(=O)([O-])OCC3OC(n4cnc5c(NCCNC(=O)CCCCCNC(=O)CCCCCNC(=O)CCCCC6SCC7NC(=O)NC76)ncnc54)C(O)C3O)C(O)C2O)c1.[Na+]. The van der Waals surface area contributed by atoms with E-state index in [1.165, 1.54) is 46.3 Å². The molecule has 7 heterocycles. The van der Waals surface area contributed by atoms with E-state index < -0.39 is 83.8 Å². The number of nitrogens with two attached hydrogens (primary N) is 1. The number of fused-ring (bicyclic) bond motifs is 2. The first-order valence-electron chi connectivity index (χ1n) is 25.7. The van der Waals surface area contributed by atoms with Crippen molar-refractivity contribution in [3.05, 3.63) is 42.7 Å². The van der Waals surface area contributed by atoms with Crippen LogP contribution in [0.5, 0.6) is 0 Å². The molecule has 13 atom stereocenters. The van der Waals surface area contributed by atoms with Gasteiger partial charge in [0.15, 0.2) is 41.7 Å². The van der Waals surface area contributed by atoms with Crippen LogP contribution >= 0.6 is 27.4 Å². The molecule has 13 unspecified atom stereocenters. The summed E-state index contributed by atoms with van der Waals surface area (Å²) in [4.78, 5) is 97.8. The molecule has 4 aliphatic rings. The number of aromatic nitrogens is 5. The van der Waals surface area contributed by atoms with Gasteiger partial charge in [-0.15, -0.1) is 0 Å². The summed E-state index contributed by atoms with van der Waals surface area (Å²) in [6, 6.07) is 3.08. The van der Waals surface area contributed by atoms with Gasteiger partial charge in [-0.25, -0.2) is 24.1 Å². The normalized spacial score (nSPS) is 26.8. The molecule has 79 heavy (non-hydrogen) atoms. The summed E-state index contributed by atoms with van der Waals surface area (Å²) in [6.07, 6.45) is 0.674. The van der Waals surface area contributed by atoms with Crippen LogP contribution in [0.15, 0.2) is 37.2 Å². The van der Waals surface area contributed by atoms with Crippen molar-refractivity contribution in [2.75, 3.05) is 50.5 Å². The third kappa shape index (κ3) is 18.5. The fourth-order valence-electron chi connectivity index (χ4n) is 9.23. The molecule has 34 heteroatoms. The van der Waals surface area contributed by atoms with E-state index in [9.17, 15) is 63.3 Å². The number of unbranched alkanes of at least 4 members (excludes halogenated alkanes) is 5. The van der Waals surface area contributed by atoms with E-state index in [1.54, 1.807) is 0 Å². The van der Waals surface area contributed by atoms with Crippen molar-refractivity contribution in [3.63, 3.8) is 0 Å². The maximum Gasteiger partial charge on any atom is 1.00 e. The Labute approximate surface area is 480 Å². The fraction of sp³-hybridized carbons (Fsp3) is 0.667. The zero-order valence-corrected chi connectivity index (χ0v) is 48.0. The van der Waals surface area contributed by atoms with Gasteiger partial charge in [0.1, 0.15) is 42.4 Å². The van der Waals surface area contributed by atoms with Gasteiger partial charge in [0.25, 0.3) is 27.8 Å². The summed E-state index contributed by atoms with van der Waals surface area (Å²) in [7, 11) is -11.5. The Morgan fingerprint density at radius 1 is 0.797 bits per heavy atom. The van der Waals surface area contributed by atoms with Gasteiger partial charge in [-0.3, -0.25) is 32.9 Å². The van der Waals surface area contributed by atoms with Gasteiger partial charge in [0.05, 0.1) is 31.6 Å². The number of hydrogen-bond acceptors (Lipinski definition) is 23. The molecule has 0 radical (unpaired) electrons. The molecule has 0 bridgehead atoms. The number of nitrogens with zero attached hydrogens (tertiary/aromatic N) is 5. The molecule has 4 aliphatic heterocycles. The van der Waals surface area contributed by atoms with Gasteiger partial charge in [0.2, 0.25) is 17.7 Å². The molecule has 3 aromatic rings. The summed E-state index contributed by atoms with van der Waals surface area (Å²) < 4.78 is 52.2. The minimum atomic E-state index is -5.77. The molecule has 3 aromatic heterocycles. The number of primary amides is 1. The Balaban J connectivity index is 0.0000101. The molecule has 4 fully saturated rings. The van der Waals surface area contributed by atoms with E-state index in [4.69, 9.17) is 15.2 Å². The van der Waals surface area contributed by atoms with E-state index in [0.717, 1.165) is 50.7 Å². The predicted octanol–water partition coefficient (Wildman–Crippen LogP) is -5.25. The molecule has 30 nitrogen and oxygen atoms in total. The second-order valence-corrected chi connectivity index (χ2v) is 23.3. The van der Waals surface area contributed by atoms with Gasteiger partial charge >= 0.3 is 35.6 Å². The number of aliphatic hydroxyl groups is 4. The number of urea groups is 1. The number of nitrogens with one attached hydrogen (secondary N) is 6. The second kappa shape index (κ2) is 30.4. The fourth-order valence-corrected chi connectivity index (χ4v) is 12.8. The third-order valence-electron chi connectivity index (χ3n) is 13.3. The van der Waals surface area contributed by atoms with E-state index in [0.29, 0.717) is 44.0 Å². The van der Waals surface area contributed by atoms with Crippen LogP contribution in [-0.4, -0.2) is 169 Å². The van der Waals surface area contributed by atoms with Gasteiger partial charge in [-0.2, -0.15) is 16.3 Å². The van der Waals surface area contributed by atoms with Crippen LogP contribution in [0.2, 0.25) is 0 Å². The Morgan fingerprint density at radius 2 is 1.41 bits per heavy atom. The predicted molar refractivity (Wildman–Crippen MR) is 269 cm³/mol. The standard InChI is InChI=1S/C45H68N12O18P2S.Na/c46-40(65)26-10-9-19-56(20-26)43-38(63)36(61)28(73-43)21-71-76(67,68)75-77(69,70)72-22-29-37(62)39(64)44(74-29)57-25-53-35-41(51-24-52-42(35)57)50-18-17-49-33(60)13-4-2-8-15-47-31(58)12-3-1-7-16-48-32(59)14-6-5-11-30-34-27(23-78-30)54-45(66)55-34;/h9-10,19-20,24-25,27-30,34,36-39,43-44,61-64H,1-8,11-18,21-23H2,(H9-,46,47,48,49,50,51,52,54,55,58,59,60,65,66,67,68,69,70);/q;+1/p-1. The van der Waals surface area contributed by atoms with Gasteiger partial charge in [-0.05, 0) is 44.6 Å². The van der Waals surface area contributed by atoms with Gasteiger partial charge in [-0.1, -0.05) is 19.3 Å². The van der Waals surface area contributed by atoms with Crippen LogP contribution in [0, 0.1) is 0 Å². The number of aliphatic hydroxyl groups excluding tert-OH is 4.